The summed E-state index contributed by atoms with van der Waals surface area (Å²) in [6, 6.07) is 0. The van der Waals surface area contributed by atoms with Gasteiger partial charge < -0.3 is 10.2 Å². The van der Waals surface area contributed by atoms with E-state index in [0.717, 1.165) is 17.8 Å². The second-order valence-corrected chi connectivity index (χ2v) is 4.94. The SMILES string of the molecule is CCc1nn(C)c(CSc2nnc(CN)o2)c1Cl. The Labute approximate surface area is 114 Å². The van der Waals surface area contributed by atoms with Crippen LogP contribution in [0.2, 0.25) is 5.02 Å². The van der Waals surface area contributed by atoms with Crippen molar-refractivity contribution in [1.29, 1.82) is 0 Å². The topological polar surface area (TPSA) is 82.8 Å². The monoisotopic (exact) mass is 287 g/mol. The van der Waals surface area contributed by atoms with E-state index in [1.54, 1.807) is 4.68 Å². The highest BCUT2D eigenvalue weighted by Crippen LogP contribution is 2.27. The van der Waals surface area contributed by atoms with Gasteiger partial charge in [-0.15, -0.1) is 10.2 Å². The molecular formula is C10H14ClN5OS. The number of aromatic nitrogens is 4. The fraction of sp³-hybridized carbons (Fsp3) is 0.500. The second-order valence-electron chi connectivity index (χ2n) is 3.64. The van der Waals surface area contributed by atoms with Gasteiger partial charge in [-0.1, -0.05) is 30.3 Å². The van der Waals surface area contributed by atoms with E-state index in [0.29, 0.717) is 21.9 Å². The Kier molecular flexibility index (Phi) is 4.26. The molecule has 98 valence electrons. The molecule has 2 heterocycles. The van der Waals surface area contributed by atoms with Crippen molar-refractivity contribution < 1.29 is 4.42 Å². The zero-order chi connectivity index (χ0) is 13.1. The summed E-state index contributed by atoms with van der Waals surface area (Å²) in [6.07, 6.45) is 0.815. The van der Waals surface area contributed by atoms with E-state index in [1.807, 2.05) is 14.0 Å². The molecule has 2 aromatic rings. The van der Waals surface area contributed by atoms with Crippen LogP contribution in [0.1, 0.15) is 24.2 Å². The molecule has 0 fully saturated rings. The van der Waals surface area contributed by atoms with Gasteiger partial charge >= 0.3 is 0 Å². The van der Waals surface area contributed by atoms with Crippen molar-refractivity contribution in [3.05, 3.63) is 22.3 Å². The highest BCUT2D eigenvalue weighted by Gasteiger charge is 2.14. The molecule has 18 heavy (non-hydrogen) atoms. The first-order valence-corrected chi connectivity index (χ1v) is 6.87. The van der Waals surface area contributed by atoms with E-state index >= 15 is 0 Å². The first-order chi connectivity index (χ1) is 8.65. The summed E-state index contributed by atoms with van der Waals surface area (Å²) >= 11 is 7.67. The van der Waals surface area contributed by atoms with E-state index < -0.39 is 0 Å². The van der Waals surface area contributed by atoms with Crippen LogP contribution in [-0.4, -0.2) is 20.0 Å². The average molecular weight is 288 g/mol. The van der Waals surface area contributed by atoms with Crippen molar-refractivity contribution in [3.8, 4) is 0 Å². The lowest BCUT2D eigenvalue weighted by molar-refractivity contribution is 0.414. The van der Waals surface area contributed by atoms with Gasteiger partial charge in [0.1, 0.15) is 0 Å². The summed E-state index contributed by atoms with van der Waals surface area (Å²) < 4.78 is 7.10. The van der Waals surface area contributed by atoms with Gasteiger partial charge in [0.05, 0.1) is 23.0 Å². The minimum atomic E-state index is 0.250. The molecule has 8 heteroatoms. The van der Waals surface area contributed by atoms with Crippen molar-refractivity contribution in [2.75, 3.05) is 0 Å². The Balaban J connectivity index is 2.08. The third-order valence-electron chi connectivity index (χ3n) is 2.46. The lowest BCUT2D eigenvalue weighted by Gasteiger charge is -1.99. The summed E-state index contributed by atoms with van der Waals surface area (Å²) in [4.78, 5) is 0. The summed E-state index contributed by atoms with van der Waals surface area (Å²) in [6.45, 7) is 2.27. The van der Waals surface area contributed by atoms with Crippen molar-refractivity contribution in [2.45, 2.75) is 30.9 Å². The lowest BCUT2D eigenvalue weighted by Crippen LogP contribution is -1.96. The van der Waals surface area contributed by atoms with Crippen molar-refractivity contribution in [1.82, 2.24) is 20.0 Å². The minimum Gasteiger partial charge on any atom is -0.415 e. The van der Waals surface area contributed by atoms with Crippen LogP contribution in [0.25, 0.3) is 0 Å². The van der Waals surface area contributed by atoms with Gasteiger partial charge in [-0.05, 0) is 6.42 Å². The van der Waals surface area contributed by atoms with Gasteiger partial charge in [-0.2, -0.15) is 5.10 Å². The number of nitrogens with zero attached hydrogens (tertiary/aromatic N) is 4. The highest BCUT2D eigenvalue weighted by atomic mass is 35.5. The minimum absolute atomic E-state index is 0.250. The maximum absolute atomic E-state index is 6.25. The van der Waals surface area contributed by atoms with Gasteiger partial charge in [-0.25, -0.2) is 0 Å². The average Bonchev–Trinajstić information content (AvgIpc) is 2.93. The molecule has 0 unspecified atom stereocenters. The Morgan fingerprint density at radius 2 is 2.22 bits per heavy atom. The van der Waals surface area contributed by atoms with E-state index in [1.165, 1.54) is 11.8 Å². The molecule has 0 radical (unpaired) electrons. The Morgan fingerprint density at radius 3 is 2.78 bits per heavy atom. The van der Waals surface area contributed by atoms with Crippen LogP contribution in [0, 0.1) is 0 Å². The molecule has 6 nitrogen and oxygen atoms in total. The van der Waals surface area contributed by atoms with E-state index in [4.69, 9.17) is 21.8 Å². The first kappa shape index (κ1) is 13.4. The van der Waals surface area contributed by atoms with Crippen LogP contribution in [0.3, 0.4) is 0 Å². The van der Waals surface area contributed by atoms with E-state index in [9.17, 15) is 0 Å². The maximum Gasteiger partial charge on any atom is 0.277 e. The third-order valence-corrected chi connectivity index (χ3v) is 3.72. The molecule has 0 atom stereocenters. The van der Waals surface area contributed by atoms with Crippen molar-refractivity contribution >= 4 is 23.4 Å². The Hall–Kier alpha value is -1.05. The maximum atomic E-state index is 6.25. The third kappa shape index (κ3) is 2.68. The number of nitrogens with two attached hydrogens (primary N) is 1. The highest BCUT2D eigenvalue weighted by molar-refractivity contribution is 7.98. The zero-order valence-electron chi connectivity index (χ0n) is 10.2. The Bertz CT molecular complexity index is 538. The van der Waals surface area contributed by atoms with Crippen LogP contribution in [0.4, 0.5) is 0 Å². The fourth-order valence-corrected chi connectivity index (χ4v) is 2.77. The molecule has 0 spiro atoms. The van der Waals surface area contributed by atoms with Gasteiger partial charge in [-0.3, -0.25) is 4.68 Å². The number of aryl methyl sites for hydroxylation is 2. The summed E-state index contributed by atoms with van der Waals surface area (Å²) in [7, 11) is 1.88. The molecule has 0 aliphatic carbocycles. The zero-order valence-corrected chi connectivity index (χ0v) is 11.8. The summed E-state index contributed by atoms with van der Waals surface area (Å²) in [5.74, 6) is 1.07. The quantitative estimate of drug-likeness (QED) is 0.844. The van der Waals surface area contributed by atoms with Crippen molar-refractivity contribution in [3.63, 3.8) is 0 Å². The van der Waals surface area contributed by atoms with Crippen LogP contribution >= 0.6 is 23.4 Å². The molecule has 0 saturated carbocycles. The van der Waals surface area contributed by atoms with Crippen LogP contribution in [0.15, 0.2) is 9.64 Å². The molecule has 0 bridgehead atoms. The largest absolute Gasteiger partial charge is 0.415 e. The fourth-order valence-electron chi connectivity index (χ4n) is 1.49. The molecule has 0 aromatic carbocycles. The predicted molar refractivity (Wildman–Crippen MR) is 69.3 cm³/mol. The van der Waals surface area contributed by atoms with E-state index in [2.05, 4.69) is 15.3 Å². The molecule has 0 aliphatic heterocycles. The molecule has 0 amide bonds. The van der Waals surface area contributed by atoms with Gasteiger partial charge in [0.15, 0.2) is 0 Å². The normalized spacial score (nSPS) is 11.1. The molecule has 2 rings (SSSR count). The molecule has 2 N–H and O–H groups in total. The van der Waals surface area contributed by atoms with Crippen LogP contribution in [-0.2, 0) is 25.8 Å². The van der Waals surface area contributed by atoms with Gasteiger partial charge in [0.2, 0.25) is 5.89 Å². The smallest absolute Gasteiger partial charge is 0.277 e. The summed E-state index contributed by atoms with van der Waals surface area (Å²) in [5.41, 5.74) is 7.25. The van der Waals surface area contributed by atoms with Crippen LogP contribution < -0.4 is 5.73 Å². The first-order valence-electron chi connectivity index (χ1n) is 5.51. The molecule has 0 aliphatic rings. The molecular weight excluding hydrogens is 274 g/mol. The van der Waals surface area contributed by atoms with Crippen LogP contribution in [0.5, 0.6) is 0 Å². The Morgan fingerprint density at radius 1 is 1.44 bits per heavy atom. The standard InChI is InChI=1S/C10H14ClN5OS/c1-3-6-9(11)7(16(2)15-6)5-18-10-14-13-8(4-12)17-10/h3-5,12H2,1-2H3. The lowest BCUT2D eigenvalue weighted by atomic mass is 10.3. The summed E-state index contributed by atoms with van der Waals surface area (Å²) in [5, 5.41) is 13.2. The second kappa shape index (κ2) is 5.73. The number of hydrogen-bond donors (Lipinski definition) is 1. The number of hydrogen-bond acceptors (Lipinski definition) is 6. The number of halogens is 1. The van der Waals surface area contributed by atoms with Crippen molar-refractivity contribution in [2.24, 2.45) is 12.8 Å². The number of rotatable bonds is 5. The molecule has 2 aromatic heterocycles. The predicted octanol–water partition coefficient (Wildman–Crippen LogP) is 1.77. The van der Waals surface area contributed by atoms with E-state index in [-0.39, 0.29) is 6.54 Å². The number of thioether (sulfide) groups is 1. The molecule has 0 saturated heterocycles. The van der Waals surface area contributed by atoms with Gasteiger partial charge in [0, 0.05) is 12.8 Å². The van der Waals surface area contributed by atoms with Gasteiger partial charge in [0.25, 0.3) is 5.22 Å².